The van der Waals surface area contributed by atoms with Gasteiger partial charge in [-0.1, -0.05) is 17.7 Å². The maximum atomic E-state index is 12.4. The number of benzene rings is 1. The summed E-state index contributed by atoms with van der Waals surface area (Å²) in [5.41, 5.74) is 10.0. The van der Waals surface area contributed by atoms with Gasteiger partial charge in [-0.25, -0.2) is 0 Å². The fourth-order valence-electron chi connectivity index (χ4n) is 1.82. The fourth-order valence-corrected chi connectivity index (χ4v) is 2.97. The second-order valence-electron chi connectivity index (χ2n) is 4.42. The van der Waals surface area contributed by atoms with Gasteiger partial charge in [-0.3, -0.25) is 4.79 Å². The van der Waals surface area contributed by atoms with Gasteiger partial charge in [0, 0.05) is 11.3 Å². The first kappa shape index (κ1) is 13.1. The molecule has 2 N–H and O–H groups in total. The molecule has 1 aromatic heterocycles. The lowest BCUT2D eigenvalue weighted by molar-refractivity contribution is 0.104. The molecular formula is C14H14ClNOS. The van der Waals surface area contributed by atoms with Gasteiger partial charge in [-0.15, -0.1) is 11.3 Å². The van der Waals surface area contributed by atoms with Crippen LogP contribution in [0, 0.1) is 20.8 Å². The van der Waals surface area contributed by atoms with E-state index in [-0.39, 0.29) is 5.78 Å². The Kier molecular flexibility index (Phi) is 3.46. The highest BCUT2D eigenvalue weighted by Crippen LogP contribution is 2.30. The molecule has 0 spiro atoms. The molecule has 2 rings (SSSR count). The number of hydrogen-bond acceptors (Lipinski definition) is 3. The van der Waals surface area contributed by atoms with E-state index in [0.717, 1.165) is 16.7 Å². The van der Waals surface area contributed by atoms with Gasteiger partial charge in [0.25, 0.3) is 0 Å². The molecule has 18 heavy (non-hydrogen) atoms. The van der Waals surface area contributed by atoms with Gasteiger partial charge < -0.3 is 5.73 Å². The first-order valence-corrected chi connectivity index (χ1v) is 6.77. The highest BCUT2D eigenvalue weighted by Gasteiger charge is 2.16. The molecule has 0 radical (unpaired) electrons. The Morgan fingerprint density at radius 1 is 1.11 bits per heavy atom. The van der Waals surface area contributed by atoms with Crippen molar-refractivity contribution in [3.05, 3.63) is 49.7 Å². The average molecular weight is 280 g/mol. The van der Waals surface area contributed by atoms with Crippen molar-refractivity contribution in [1.82, 2.24) is 0 Å². The van der Waals surface area contributed by atoms with Crippen molar-refractivity contribution in [1.29, 1.82) is 0 Å². The van der Waals surface area contributed by atoms with Crippen molar-refractivity contribution in [3.8, 4) is 0 Å². The SMILES string of the molecule is Cc1cc(C)c(C(=O)c2cc(C)c(Cl)s2)cc1N. The van der Waals surface area contributed by atoms with E-state index in [1.165, 1.54) is 11.3 Å². The van der Waals surface area contributed by atoms with Crippen molar-refractivity contribution in [2.24, 2.45) is 0 Å². The van der Waals surface area contributed by atoms with Crippen molar-refractivity contribution in [3.63, 3.8) is 0 Å². The monoisotopic (exact) mass is 279 g/mol. The molecular weight excluding hydrogens is 266 g/mol. The highest BCUT2D eigenvalue weighted by atomic mass is 35.5. The smallest absolute Gasteiger partial charge is 0.203 e. The summed E-state index contributed by atoms with van der Waals surface area (Å²) >= 11 is 7.31. The quantitative estimate of drug-likeness (QED) is 0.663. The third-order valence-corrected chi connectivity index (χ3v) is 4.49. The van der Waals surface area contributed by atoms with Crippen LogP contribution in [0.3, 0.4) is 0 Å². The second-order valence-corrected chi connectivity index (χ2v) is 6.07. The predicted molar refractivity (Wildman–Crippen MR) is 77.8 cm³/mol. The summed E-state index contributed by atoms with van der Waals surface area (Å²) < 4.78 is 0.663. The average Bonchev–Trinajstić information content (AvgIpc) is 2.63. The van der Waals surface area contributed by atoms with Crippen LogP contribution < -0.4 is 5.73 Å². The minimum absolute atomic E-state index is 0.0146. The van der Waals surface area contributed by atoms with E-state index in [9.17, 15) is 4.79 Å². The number of nitrogens with two attached hydrogens (primary N) is 1. The van der Waals surface area contributed by atoms with Crippen molar-refractivity contribution < 1.29 is 4.79 Å². The summed E-state index contributed by atoms with van der Waals surface area (Å²) in [6.45, 7) is 5.75. The molecule has 1 aromatic carbocycles. The van der Waals surface area contributed by atoms with E-state index in [2.05, 4.69) is 0 Å². The highest BCUT2D eigenvalue weighted by molar-refractivity contribution is 7.18. The topological polar surface area (TPSA) is 43.1 Å². The zero-order chi connectivity index (χ0) is 13.4. The number of ketones is 1. The summed E-state index contributed by atoms with van der Waals surface area (Å²) in [5.74, 6) is -0.0146. The summed E-state index contributed by atoms with van der Waals surface area (Å²) in [4.78, 5) is 13.0. The standard InChI is InChI=1S/C14H14ClNOS/c1-7-4-8(2)11(16)6-10(7)13(17)12-5-9(3)14(15)18-12/h4-6H,16H2,1-3H3. The Hall–Kier alpha value is -1.32. The Balaban J connectivity index is 2.49. The fraction of sp³-hybridized carbons (Fsp3) is 0.214. The molecule has 0 aliphatic rings. The molecule has 0 bridgehead atoms. The molecule has 1 heterocycles. The lowest BCUT2D eigenvalue weighted by Gasteiger charge is -2.07. The molecule has 0 saturated heterocycles. The van der Waals surface area contributed by atoms with Crippen LogP contribution >= 0.6 is 22.9 Å². The van der Waals surface area contributed by atoms with Gasteiger partial charge >= 0.3 is 0 Å². The molecule has 0 unspecified atom stereocenters. The van der Waals surface area contributed by atoms with Crippen molar-refractivity contribution in [2.45, 2.75) is 20.8 Å². The van der Waals surface area contributed by atoms with Crippen LogP contribution in [0.25, 0.3) is 0 Å². The molecule has 0 aliphatic carbocycles. The van der Waals surface area contributed by atoms with E-state index in [1.807, 2.05) is 32.9 Å². The molecule has 94 valence electrons. The van der Waals surface area contributed by atoms with Gasteiger partial charge in [0.05, 0.1) is 9.21 Å². The molecule has 0 fully saturated rings. The first-order valence-electron chi connectivity index (χ1n) is 5.57. The minimum Gasteiger partial charge on any atom is -0.398 e. The van der Waals surface area contributed by atoms with Crippen LogP contribution in [0.2, 0.25) is 4.34 Å². The third kappa shape index (κ3) is 2.28. The Labute approximate surface area is 115 Å². The normalized spacial score (nSPS) is 10.7. The molecule has 0 amide bonds. The Morgan fingerprint density at radius 2 is 1.78 bits per heavy atom. The maximum Gasteiger partial charge on any atom is 0.203 e. The van der Waals surface area contributed by atoms with Crippen LogP contribution in [0.15, 0.2) is 18.2 Å². The molecule has 0 saturated carbocycles. The van der Waals surface area contributed by atoms with E-state index < -0.39 is 0 Å². The van der Waals surface area contributed by atoms with Crippen LogP contribution in [-0.4, -0.2) is 5.78 Å². The molecule has 0 atom stereocenters. The van der Waals surface area contributed by atoms with E-state index >= 15 is 0 Å². The number of carbonyl (C=O) groups is 1. The minimum atomic E-state index is -0.0146. The summed E-state index contributed by atoms with van der Waals surface area (Å²) in [5, 5.41) is 0. The zero-order valence-corrected chi connectivity index (χ0v) is 12.1. The van der Waals surface area contributed by atoms with Crippen LogP contribution in [0.1, 0.15) is 31.9 Å². The zero-order valence-electron chi connectivity index (χ0n) is 10.5. The van der Waals surface area contributed by atoms with Gasteiger partial charge in [-0.2, -0.15) is 0 Å². The first-order chi connectivity index (χ1) is 8.40. The van der Waals surface area contributed by atoms with Gasteiger partial charge in [0.1, 0.15) is 0 Å². The Bertz CT molecular complexity index is 611. The summed E-state index contributed by atoms with van der Waals surface area (Å²) in [6, 6.07) is 5.51. The van der Waals surface area contributed by atoms with Crippen molar-refractivity contribution in [2.75, 3.05) is 5.73 Å². The number of nitrogen functional groups attached to an aromatic ring is 1. The van der Waals surface area contributed by atoms with E-state index in [1.54, 1.807) is 6.07 Å². The number of halogens is 1. The molecule has 2 nitrogen and oxygen atoms in total. The predicted octanol–water partition coefficient (Wildman–Crippen LogP) is 4.14. The van der Waals surface area contributed by atoms with E-state index in [0.29, 0.717) is 20.5 Å². The van der Waals surface area contributed by atoms with Gasteiger partial charge in [-0.05, 0) is 49.6 Å². The Morgan fingerprint density at radius 3 is 2.33 bits per heavy atom. The summed E-state index contributed by atoms with van der Waals surface area (Å²) in [7, 11) is 0. The molecule has 0 aliphatic heterocycles. The van der Waals surface area contributed by atoms with Crippen LogP contribution in [0.5, 0.6) is 0 Å². The van der Waals surface area contributed by atoms with Crippen molar-refractivity contribution >= 4 is 34.4 Å². The third-order valence-electron chi connectivity index (χ3n) is 2.94. The number of thiophene rings is 1. The van der Waals surface area contributed by atoms with E-state index in [4.69, 9.17) is 17.3 Å². The number of rotatable bonds is 2. The number of anilines is 1. The van der Waals surface area contributed by atoms with Gasteiger partial charge in [0.15, 0.2) is 0 Å². The van der Waals surface area contributed by atoms with Crippen LogP contribution in [0.4, 0.5) is 5.69 Å². The number of carbonyl (C=O) groups excluding carboxylic acids is 1. The van der Waals surface area contributed by atoms with Crippen LogP contribution in [-0.2, 0) is 0 Å². The summed E-state index contributed by atoms with van der Waals surface area (Å²) in [6.07, 6.45) is 0. The second kappa shape index (κ2) is 4.75. The lowest BCUT2D eigenvalue weighted by Crippen LogP contribution is -2.04. The lowest BCUT2D eigenvalue weighted by atomic mass is 10.00. The molecule has 2 aromatic rings. The largest absolute Gasteiger partial charge is 0.398 e. The molecule has 4 heteroatoms. The maximum absolute atomic E-state index is 12.4. The van der Waals surface area contributed by atoms with Gasteiger partial charge in [0.2, 0.25) is 5.78 Å². The number of hydrogen-bond donors (Lipinski definition) is 1. The number of aryl methyl sites for hydroxylation is 3.